The molecule has 1 atom stereocenters. The summed E-state index contributed by atoms with van der Waals surface area (Å²) in [4.78, 5) is 16.5. The Kier molecular flexibility index (Phi) is 5.64. The van der Waals surface area contributed by atoms with E-state index < -0.39 is 0 Å². The summed E-state index contributed by atoms with van der Waals surface area (Å²) >= 11 is 7.96. The molecular weight excluding hydrogens is 442 g/mol. The molecule has 4 aromatic rings. The highest BCUT2D eigenvalue weighted by atomic mass is 35.5. The van der Waals surface area contributed by atoms with Crippen LogP contribution < -0.4 is 4.80 Å². The lowest BCUT2D eigenvalue weighted by Crippen LogP contribution is -2.26. The summed E-state index contributed by atoms with van der Waals surface area (Å²) in [6.45, 7) is 0. The lowest BCUT2D eigenvalue weighted by Gasteiger charge is -2.28. The maximum Gasteiger partial charge on any atom is 0.269 e. The number of thiazole rings is 1. The first-order valence-electron chi connectivity index (χ1n) is 10.4. The molecule has 0 amide bonds. The van der Waals surface area contributed by atoms with Crippen molar-refractivity contribution >= 4 is 34.3 Å². The molecule has 160 valence electrons. The Hall–Kier alpha value is -3.22. The predicted octanol–water partition coefficient (Wildman–Crippen LogP) is 6.94. The van der Waals surface area contributed by atoms with Gasteiger partial charge in [0.05, 0.1) is 27.4 Å². The Morgan fingerprint density at radius 3 is 2.56 bits per heavy atom. The molecule has 0 saturated heterocycles. The van der Waals surface area contributed by atoms with E-state index in [1.54, 1.807) is 23.5 Å². The van der Waals surface area contributed by atoms with Crippen molar-refractivity contribution in [3.8, 4) is 11.3 Å². The number of benzene rings is 3. The molecule has 1 heterocycles. The molecule has 5 rings (SSSR count). The number of nitro benzene ring substituents is 1. The molecule has 1 unspecified atom stereocenters. The van der Waals surface area contributed by atoms with Gasteiger partial charge in [0, 0.05) is 17.5 Å². The highest BCUT2D eigenvalue weighted by Crippen LogP contribution is 2.36. The van der Waals surface area contributed by atoms with E-state index in [4.69, 9.17) is 16.6 Å². The van der Waals surface area contributed by atoms with Crippen molar-refractivity contribution in [3.63, 3.8) is 0 Å². The number of fused-ring (bicyclic) bond motifs is 1. The number of para-hydroxylation sites is 1. The third kappa shape index (κ3) is 3.87. The van der Waals surface area contributed by atoms with Crippen molar-refractivity contribution in [1.82, 2.24) is 4.57 Å². The molecule has 0 fully saturated rings. The van der Waals surface area contributed by atoms with Crippen molar-refractivity contribution in [2.75, 3.05) is 0 Å². The minimum atomic E-state index is -0.374. The van der Waals surface area contributed by atoms with E-state index in [0.717, 1.165) is 41.0 Å². The van der Waals surface area contributed by atoms with E-state index in [9.17, 15) is 10.1 Å². The number of aromatic nitrogens is 1. The lowest BCUT2D eigenvalue weighted by molar-refractivity contribution is -0.384. The van der Waals surface area contributed by atoms with Gasteiger partial charge in [0.15, 0.2) is 4.80 Å². The highest BCUT2D eigenvalue weighted by molar-refractivity contribution is 7.07. The number of hydrogen-bond donors (Lipinski definition) is 0. The van der Waals surface area contributed by atoms with E-state index in [2.05, 4.69) is 34.2 Å². The molecular formula is C25H20ClN3O2S. The average molecular weight is 462 g/mol. The van der Waals surface area contributed by atoms with Crippen LogP contribution in [0.3, 0.4) is 0 Å². The van der Waals surface area contributed by atoms with E-state index in [1.165, 1.54) is 11.1 Å². The number of hydrogen-bond acceptors (Lipinski definition) is 4. The third-order valence-electron chi connectivity index (χ3n) is 5.83. The molecule has 0 radical (unpaired) electrons. The van der Waals surface area contributed by atoms with Gasteiger partial charge < -0.3 is 4.57 Å². The van der Waals surface area contributed by atoms with E-state index in [0.29, 0.717) is 5.02 Å². The molecule has 0 bridgehead atoms. The van der Waals surface area contributed by atoms with Gasteiger partial charge in [-0.25, -0.2) is 4.99 Å². The van der Waals surface area contributed by atoms with Crippen molar-refractivity contribution in [2.24, 2.45) is 4.99 Å². The third-order valence-corrected chi connectivity index (χ3v) is 6.99. The molecule has 0 spiro atoms. The van der Waals surface area contributed by atoms with Crippen LogP contribution in [0.4, 0.5) is 11.4 Å². The molecule has 1 aliphatic carbocycles. The van der Waals surface area contributed by atoms with Gasteiger partial charge in [-0.15, -0.1) is 11.3 Å². The summed E-state index contributed by atoms with van der Waals surface area (Å²) < 4.78 is 2.27. The van der Waals surface area contributed by atoms with Crippen LogP contribution in [0.5, 0.6) is 0 Å². The van der Waals surface area contributed by atoms with Crippen LogP contribution in [-0.4, -0.2) is 9.49 Å². The Morgan fingerprint density at radius 1 is 1.03 bits per heavy atom. The van der Waals surface area contributed by atoms with Crippen LogP contribution in [-0.2, 0) is 6.42 Å². The summed E-state index contributed by atoms with van der Waals surface area (Å²) in [6.07, 6.45) is 3.17. The largest absolute Gasteiger partial charge is 0.309 e. The molecule has 32 heavy (non-hydrogen) atoms. The van der Waals surface area contributed by atoms with Gasteiger partial charge >= 0.3 is 0 Å². The molecule has 1 aliphatic rings. The zero-order valence-corrected chi connectivity index (χ0v) is 18.7. The Bertz CT molecular complexity index is 1360. The summed E-state index contributed by atoms with van der Waals surface area (Å²) in [6, 6.07) is 23.0. The number of nitro groups is 1. The first kappa shape index (κ1) is 20.7. The van der Waals surface area contributed by atoms with Crippen molar-refractivity contribution in [2.45, 2.75) is 25.3 Å². The van der Waals surface area contributed by atoms with Crippen LogP contribution in [0.1, 0.15) is 30.0 Å². The quantitative estimate of drug-likeness (QED) is 0.244. The lowest BCUT2D eigenvalue weighted by atomic mass is 9.87. The topological polar surface area (TPSA) is 60.4 Å². The Labute approximate surface area is 194 Å². The Morgan fingerprint density at radius 2 is 1.78 bits per heavy atom. The van der Waals surface area contributed by atoms with Gasteiger partial charge in [0.2, 0.25) is 0 Å². The SMILES string of the molecule is O=[N+]([O-])c1ccc(-c2csc(=Nc3ccccc3Cl)n2C2CCCc3ccccc32)cc1. The van der Waals surface area contributed by atoms with E-state index in [-0.39, 0.29) is 16.7 Å². The molecule has 5 nitrogen and oxygen atoms in total. The summed E-state index contributed by atoms with van der Waals surface area (Å²) in [7, 11) is 0. The second kappa shape index (κ2) is 8.73. The van der Waals surface area contributed by atoms with Crippen LogP contribution in [0, 0.1) is 10.1 Å². The highest BCUT2D eigenvalue weighted by Gasteiger charge is 2.25. The number of non-ortho nitro benzene ring substituents is 1. The first-order chi connectivity index (χ1) is 15.6. The smallest absolute Gasteiger partial charge is 0.269 e. The minimum absolute atomic E-state index is 0.0829. The summed E-state index contributed by atoms with van der Waals surface area (Å²) in [5.74, 6) is 0. The number of nitrogens with zero attached hydrogens (tertiary/aromatic N) is 3. The van der Waals surface area contributed by atoms with Gasteiger partial charge in [0.1, 0.15) is 0 Å². The summed E-state index contributed by atoms with van der Waals surface area (Å²) in [5, 5.41) is 13.8. The number of halogens is 1. The molecule has 7 heteroatoms. The second-order valence-corrected chi connectivity index (χ2v) is 8.99. The monoisotopic (exact) mass is 461 g/mol. The minimum Gasteiger partial charge on any atom is -0.309 e. The Balaban J connectivity index is 1.72. The molecule has 3 aromatic carbocycles. The first-order valence-corrected chi connectivity index (χ1v) is 11.7. The van der Waals surface area contributed by atoms with Crippen LogP contribution in [0.15, 0.2) is 83.2 Å². The van der Waals surface area contributed by atoms with E-state index in [1.807, 2.05) is 36.4 Å². The van der Waals surface area contributed by atoms with Crippen molar-refractivity contribution in [1.29, 1.82) is 0 Å². The second-order valence-electron chi connectivity index (χ2n) is 7.75. The molecule has 0 N–H and O–H groups in total. The number of aryl methyl sites for hydroxylation is 1. The molecule has 0 aliphatic heterocycles. The van der Waals surface area contributed by atoms with Crippen LogP contribution >= 0.6 is 22.9 Å². The molecule has 1 aromatic heterocycles. The fourth-order valence-corrected chi connectivity index (χ4v) is 5.44. The van der Waals surface area contributed by atoms with E-state index >= 15 is 0 Å². The molecule has 0 saturated carbocycles. The predicted molar refractivity (Wildman–Crippen MR) is 129 cm³/mol. The average Bonchev–Trinajstić information content (AvgIpc) is 3.23. The zero-order chi connectivity index (χ0) is 22.1. The van der Waals surface area contributed by atoms with Crippen molar-refractivity contribution in [3.05, 3.63) is 109 Å². The van der Waals surface area contributed by atoms with Gasteiger partial charge in [-0.1, -0.05) is 48.0 Å². The van der Waals surface area contributed by atoms with Crippen molar-refractivity contribution < 1.29 is 4.92 Å². The standard InChI is InChI=1S/C25H20ClN3O2S/c26-21-9-3-4-10-22(21)27-25-28(23-11-5-7-17-6-1-2-8-20(17)23)24(16-32-25)18-12-14-19(15-13-18)29(30)31/h1-4,6,8-10,12-16,23H,5,7,11H2. The maximum absolute atomic E-state index is 11.1. The maximum atomic E-state index is 11.1. The van der Waals surface area contributed by atoms with Crippen LogP contribution in [0.25, 0.3) is 11.3 Å². The van der Waals surface area contributed by atoms with Crippen LogP contribution in [0.2, 0.25) is 5.02 Å². The van der Waals surface area contributed by atoms with Gasteiger partial charge in [-0.05, 0) is 60.2 Å². The number of rotatable bonds is 4. The zero-order valence-electron chi connectivity index (χ0n) is 17.1. The fourth-order valence-electron chi connectivity index (χ4n) is 4.31. The van der Waals surface area contributed by atoms with Gasteiger partial charge in [-0.2, -0.15) is 0 Å². The van der Waals surface area contributed by atoms with Gasteiger partial charge in [-0.3, -0.25) is 10.1 Å². The van der Waals surface area contributed by atoms with Gasteiger partial charge in [0.25, 0.3) is 5.69 Å². The normalized spacial score (nSPS) is 16.0. The summed E-state index contributed by atoms with van der Waals surface area (Å²) in [5.41, 5.74) is 5.40. The fraction of sp³-hybridized carbons (Fsp3) is 0.160.